The SMILES string of the molecule is CN=C(NCC1(c2ccccc2C)CC1)N1CCS(=O)(=O)C(C)(C)C1.I. The van der Waals surface area contributed by atoms with Crippen molar-refractivity contribution in [3.63, 3.8) is 0 Å². The Labute approximate surface area is 174 Å². The van der Waals surface area contributed by atoms with Gasteiger partial charge in [-0.2, -0.15) is 0 Å². The molecular weight excluding hydrogens is 461 g/mol. The summed E-state index contributed by atoms with van der Waals surface area (Å²) in [5, 5.41) is 3.51. The van der Waals surface area contributed by atoms with Gasteiger partial charge in [0.2, 0.25) is 0 Å². The van der Waals surface area contributed by atoms with Gasteiger partial charge in [0.05, 0.1) is 10.5 Å². The van der Waals surface area contributed by atoms with Gasteiger partial charge in [-0.05, 0) is 44.7 Å². The van der Waals surface area contributed by atoms with Crippen LogP contribution in [0.3, 0.4) is 0 Å². The zero-order chi connectivity index (χ0) is 18.3. The molecule has 0 radical (unpaired) electrons. The molecule has 1 N–H and O–H groups in total. The van der Waals surface area contributed by atoms with Crippen LogP contribution in [-0.2, 0) is 15.3 Å². The highest BCUT2D eigenvalue weighted by Crippen LogP contribution is 2.48. The minimum absolute atomic E-state index is 0. The molecule has 1 aromatic rings. The van der Waals surface area contributed by atoms with Crippen molar-refractivity contribution in [3.05, 3.63) is 35.4 Å². The lowest BCUT2D eigenvalue weighted by atomic mass is 9.92. The van der Waals surface area contributed by atoms with Crippen molar-refractivity contribution in [2.75, 3.05) is 32.4 Å². The number of halogens is 1. The number of sulfone groups is 1. The molecule has 7 heteroatoms. The molecule has 0 spiro atoms. The normalized spacial score (nSPS) is 23.1. The number of aliphatic imine (C=N–C) groups is 1. The van der Waals surface area contributed by atoms with Gasteiger partial charge in [0.25, 0.3) is 0 Å². The zero-order valence-corrected chi connectivity index (χ0v) is 19.2. The second-order valence-electron chi connectivity index (χ2n) is 8.00. The average molecular weight is 491 g/mol. The highest BCUT2D eigenvalue weighted by Gasteiger charge is 2.46. The van der Waals surface area contributed by atoms with E-state index in [1.165, 1.54) is 24.0 Å². The van der Waals surface area contributed by atoms with Crippen LogP contribution in [0.2, 0.25) is 0 Å². The smallest absolute Gasteiger partial charge is 0.193 e. The summed E-state index contributed by atoms with van der Waals surface area (Å²) in [7, 11) is -1.27. The van der Waals surface area contributed by atoms with Gasteiger partial charge in [-0.15, -0.1) is 24.0 Å². The van der Waals surface area contributed by atoms with Gasteiger partial charge in [-0.25, -0.2) is 8.42 Å². The minimum Gasteiger partial charge on any atom is -0.355 e. The van der Waals surface area contributed by atoms with E-state index in [1.807, 2.05) is 0 Å². The molecule has 3 rings (SSSR count). The van der Waals surface area contributed by atoms with E-state index in [4.69, 9.17) is 0 Å². The topological polar surface area (TPSA) is 61.8 Å². The van der Waals surface area contributed by atoms with Crippen LogP contribution in [-0.4, -0.2) is 56.5 Å². The Morgan fingerprint density at radius 3 is 2.46 bits per heavy atom. The Morgan fingerprint density at radius 1 is 1.27 bits per heavy atom. The third-order valence-corrected chi connectivity index (χ3v) is 8.24. The summed E-state index contributed by atoms with van der Waals surface area (Å²) in [6.07, 6.45) is 2.36. The van der Waals surface area contributed by atoms with Gasteiger partial charge in [0.1, 0.15) is 0 Å². The first-order valence-corrected chi connectivity index (χ1v) is 10.6. The standard InChI is InChI=1S/C19H29N3O2S.HI/c1-15-7-5-6-8-16(15)19(9-10-19)13-21-17(20-4)22-11-12-25(23,24)18(2,3)14-22;/h5-8H,9-14H2,1-4H3,(H,20,21);1H. The maximum absolute atomic E-state index is 12.2. The van der Waals surface area contributed by atoms with Gasteiger partial charge >= 0.3 is 0 Å². The second-order valence-corrected chi connectivity index (χ2v) is 10.7. The van der Waals surface area contributed by atoms with Crippen LogP contribution in [0.4, 0.5) is 0 Å². The summed E-state index contributed by atoms with van der Waals surface area (Å²) < 4.78 is 23.7. The van der Waals surface area contributed by atoms with Crippen molar-refractivity contribution in [1.82, 2.24) is 10.2 Å². The molecule has 0 aromatic heterocycles. The number of hydrogen-bond donors (Lipinski definition) is 1. The number of guanidine groups is 1. The number of benzene rings is 1. The average Bonchev–Trinajstić information content (AvgIpc) is 3.32. The maximum atomic E-state index is 12.2. The number of aryl methyl sites for hydroxylation is 1. The lowest BCUT2D eigenvalue weighted by Crippen LogP contribution is -2.57. The van der Waals surface area contributed by atoms with Gasteiger partial charge in [0.15, 0.2) is 15.8 Å². The second kappa shape index (κ2) is 7.66. The van der Waals surface area contributed by atoms with Crippen LogP contribution in [0.1, 0.15) is 37.8 Å². The molecule has 0 bridgehead atoms. The van der Waals surface area contributed by atoms with Crippen LogP contribution in [0.5, 0.6) is 0 Å². The quantitative estimate of drug-likeness (QED) is 0.402. The van der Waals surface area contributed by atoms with E-state index in [2.05, 4.69) is 46.4 Å². The fourth-order valence-corrected chi connectivity index (χ4v) is 5.13. The maximum Gasteiger partial charge on any atom is 0.193 e. The molecule has 2 aliphatic rings. The van der Waals surface area contributed by atoms with E-state index in [9.17, 15) is 8.42 Å². The molecule has 146 valence electrons. The first-order chi connectivity index (χ1) is 11.7. The van der Waals surface area contributed by atoms with Crippen LogP contribution >= 0.6 is 24.0 Å². The third-order valence-electron chi connectivity index (χ3n) is 5.71. The number of hydrogen-bond acceptors (Lipinski definition) is 3. The van der Waals surface area contributed by atoms with E-state index < -0.39 is 14.6 Å². The van der Waals surface area contributed by atoms with E-state index >= 15 is 0 Å². The molecule has 2 fully saturated rings. The van der Waals surface area contributed by atoms with Crippen LogP contribution in [0.15, 0.2) is 29.3 Å². The van der Waals surface area contributed by atoms with Gasteiger partial charge < -0.3 is 10.2 Å². The molecule has 1 aliphatic carbocycles. The lowest BCUT2D eigenvalue weighted by molar-refractivity contribution is 0.352. The molecule has 0 amide bonds. The summed E-state index contributed by atoms with van der Waals surface area (Å²) in [6, 6.07) is 8.58. The Morgan fingerprint density at radius 2 is 1.92 bits per heavy atom. The Kier molecular flexibility index (Phi) is 6.32. The molecule has 0 atom stereocenters. The molecule has 1 saturated carbocycles. The fraction of sp³-hybridized carbons (Fsp3) is 0.632. The summed E-state index contributed by atoms with van der Waals surface area (Å²) in [6.45, 7) is 7.60. The fourth-order valence-electron chi connectivity index (χ4n) is 3.77. The zero-order valence-electron chi connectivity index (χ0n) is 16.1. The van der Waals surface area contributed by atoms with E-state index in [-0.39, 0.29) is 35.1 Å². The Balaban J connectivity index is 0.00000243. The van der Waals surface area contributed by atoms with Crippen molar-refractivity contribution in [1.29, 1.82) is 0 Å². The third kappa shape index (κ3) is 4.03. The van der Waals surface area contributed by atoms with Crippen LogP contribution < -0.4 is 5.32 Å². The van der Waals surface area contributed by atoms with Crippen molar-refractivity contribution in [2.45, 2.75) is 43.8 Å². The molecule has 1 aromatic carbocycles. The Bertz CT molecular complexity index is 786. The van der Waals surface area contributed by atoms with Crippen LogP contribution in [0.25, 0.3) is 0 Å². The lowest BCUT2D eigenvalue weighted by Gasteiger charge is -2.39. The van der Waals surface area contributed by atoms with Crippen molar-refractivity contribution in [2.24, 2.45) is 4.99 Å². The molecule has 26 heavy (non-hydrogen) atoms. The first-order valence-electron chi connectivity index (χ1n) is 8.95. The predicted octanol–water partition coefficient (Wildman–Crippen LogP) is 2.73. The predicted molar refractivity (Wildman–Crippen MR) is 118 cm³/mol. The van der Waals surface area contributed by atoms with E-state index in [0.717, 1.165) is 12.5 Å². The van der Waals surface area contributed by atoms with E-state index in [1.54, 1.807) is 20.9 Å². The number of nitrogens with one attached hydrogen (secondary N) is 1. The highest BCUT2D eigenvalue weighted by atomic mass is 127. The van der Waals surface area contributed by atoms with Crippen molar-refractivity contribution in [3.8, 4) is 0 Å². The highest BCUT2D eigenvalue weighted by molar-refractivity contribution is 14.0. The molecular formula is C19H30IN3O2S. The van der Waals surface area contributed by atoms with Gasteiger partial charge in [-0.1, -0.05) is 24.3 Å². The minimum atomic E-state index is -3.04. The molecule has 1 saturated heterocycles. The molecule has 0 unspecified atom stereocenters. The van der Waals surface area contributed by atoms with Crippen molar-refractivity contribution >= 4 is 39.8 Å². The van der Waals surface area contributed by atoms with Gasteiger partial charge in [0, 0.05) is 32.1 Å². The summed E-state index contributed by atoms with van der Waals surface area (Å²) in [5.74, 6) is 0.992. The first kappa shape index (κ1) is 21.5. The number of rotatable bonds is 3. The van der Waals surface area contributed by atoms with Crippen LogP contribution in [0, 0.1) is 6.92 Å². The van der Waals surface area contributed by atoms with Gasteiger partial charge in [-0.3, -0.25) is 4.99 Å². The summed E-state index contributed by atoms with van der Waals surface area (Å²) in [5.41, 5.74) is 2.94. The number of nitrogens with zero attached hydrogens (tertiary/aromatic N) is 2. The largest absolute Gasteiger partial charge is 0.355 e. The van der Waals surface area contributed by atoms with E-state index in [0.29, 0.717) is 13.1 Å². The molecule has 5 nitrogen and oxygen atoms in total. The van der Waals surface area contributed by atoms with Crippen molar-refractivity contribution < 1.29 is 8.42 Å². The summed E-state index contributed by atoms with van der Waals surface area (Å²) >= 11 is 0. The monoisotopic (exact) mass is 491 g/mol. The summed E-state index contributed by atoms with van der Waals surface area (Å²) in [4.78, 5) is 6.49. The molecule has 1 heterocycles. The Hall–Kier alpha value is -0.830. The molecule has 1 aliphatic heterocycles.